The molecule has 0 spiro atoms. The van der Waals surface area contributed by atoms with Gasteiger partial charge in [0.05, 0.1) is 4.90 Å². The van der Waals surface area contributed by atoms with Crippen molar-refractivity contribution in [3.63, 3.8) is 0 Å². The number of hydrogen-bond donors (Lipinski definition) is 1. The number of nitrogens with zero attached hydrogens (tertiary/aromatic N) is 2. The third-order valence-electron chi connectivity index (χ3n) is 7.82. The second-order valence-corrected chi connectivity index (χ2v) is 11.5. The largest absolute Gasteiger partial charge is 0.303 e. The zero-order chi connectivity index (χ0) is 23.1. The number of piperidine rings is 1. The van der Waals surface area contributed by atoms with Crippen LogP contribution in [0.4, 0.5) is 5.69 Å². The van der Waals surface area contributed by atoms with Gasteiger partial charge in [0.2, 0.25) is 0 Å². The molecule has 1 aromatic heterocycles. The summed E-state index contributed by atoms with van der Waals surface area (Å²) in [6.45, 7) is 8.13. The molecule has 1 aliphatic heterocycles. The Morgan fingerprint density at radius 3 is 2.64 bits per heavy atom. The summed E-state index contributed by atoms with van der Waals surface area (Å²) in [6, 6.07) is 15.1. The molecule has 174 valence electrons. The standard InChI is InChI=1S/C27H33N3O2S/c1-3-4-5-6-15-30-18-24-25(19-30)27(24,2)21-10-8-11-22(16-21)29-33(31,32)26-12-7-9-20-13-14-28-17-23(20)26/h7-14,16-17,24-25,29H,3-6,15,18-19H2,1-2H3. The third kappa shape index (κ3) is 4.15. The van der Waals surface area contributed by atoms with Crippen LogP contribution in [0.2, 0.25) is 0 Å². The van der Waals surface area contributed by atoms with Crippen LogP contribution in [0.25, 0.3) is 10.8 Å². The zero-order valence-corrected chi connectivity index (χ0v) is 20.3. The second kappa shape index (κ2) is 8.73. The quantitative estimate of drug-likeness (QED) is 0.430. The molecule has 0 bridgehead atoms. The van der Waals surface area contributed by atoms with Crippen LogP contribution in [-0.2, 0) is 15.4 Å². The van der Waals surface area contributed by atoms with E-state index >= 15 is 0 Å². The number of sulfonamides is 1. The van der Waals surface area contributed by atoms with E-state index in [9.17, 15) is 8.42 Å². The molecule has 1 saturated carbocycles. The van der Waals surface area contributed by atoms with Gasteiger partial charge in [0.15, 0.2) is 0 Å². The van der Waals surface area contributed by atoms with Gasteiger partial charge in [0.25, 0.3) is 10.0 Å². The number of fused-ring (bicyclic) bond motifs is 2. The van der Waals surface area contributed by atoms with Crippen molar-refractivity contribution in [2.75, 3.05) is 24.4 Å². The first-order valence-electron chi connectivity index (χ1n) is 12.1. The number of pyridine rings is 1. The summed E-state index contributed by atoms with van der Waals surface area (Å²) >= 11 is 0. The number of nitrogens with one attached hydrogen (secondary N) is 1. The molecule has 1 N–H and O–H groups in total. The summed E-state index contributed by atoms with van der Waals surface area (Å²) in [4.78, 5) is 6.99. The Morgan fingerprint density at radius 2 is 1.85 bits per heavy atom. The Morgan fingerprint density at radius 1 is 1.06 bits per heavy atom. The lowest BCUT2D eigenvalue weighted by atomic mass is 9.92. The summed E-state index contributed by atoms with van der Waals surface area (Å²) in [5.41, 5.74) is 2.00. The highest BCUT2D eigenvalue weighted by molar-refractivity contribution is 7.93. The molecule has 2 aliphatic rings. The third-order valence-corrected chi connectivity index (χ3v) is 9.26. The molecule has 0 radical (unpaired) electrons. The Hall–Kier alpha value is -2.44. The molecule has 33 heavy (non-hydrogen) atoms. The Kier molecular flexibility index (Phi) is 5.91. The van der Waals surface area contributed by atoms with Crippen LogP contribution in [-0.4, -0.2) is 37.9 Å². The Balaban J connectivity index is 1.30. The maximum atomic E-state index is 13.2. The van der Waals surface area contributed by atoms with E-state index in [1.807, 2.05) is 30.3 Å². The maximum Gasteiger partial charge on any atom is 0.262 e. The monoisotopic (exact) mass is 463 g/mol. The van der Waals surface area contributed by atoms with Crippen LogP contribution >= 0.6 is 0 Å². The van der Waals surface area contributed by atoms with Crippen molar-refractivity contribution in [3.8, 4) is 0 Å². The number of benzene rings is 2. The lowest BCUT2D eigenvalue weighted by molar-refractivity contribution is 0.271. The van der Waals surface area contributed by atoms with Crippen LogP contribution in [0.3, 0.4) is 0 Å². The first kappa shape index (κ1) is 22.4. The molecule has 5 rings (SSSR count). The number of likely N-dealkylation sites (tertiary alicyclic amines) is 1. The molecular weight excluding hydrogens is 430 g/mol. The molecule has 6 heteroatoms. The highest BCUT2D eigenvalue weighted by Gasteiger charge is 2.65. The molecule has 0 amide bonds. The average Bonchev–Trinajstić information content (AvgIpc) is 3.15. The van der Waals surface area contributed by atoms with Crippen molar-refractivity contribution in [2.24, 2.45) is 11.8 Å². The van der Waals surface area contributed by atoms with Gasteiger partial charge in [-0.1, -0.05) is 57.4 Å². The highest BCUT2D eigenvalue weighted by Crippen LogP contribution is 2.63. The maximum absolute atomic E-state index is 13.2. The molecule has 2 heterocycles. The lowest BCUT2D eigenvalue weighted by Gasteiger charge is -2.24. The summed E-state index contributed by atoms with van der Waals surface area (Å²) in [7, 11) is -3.72. The predicted octanol–water partition coefficient (Wildman–Crippen LogP) is 5.44. The van der Waals surface area contributed by atoms with E-state index in [4.69, 9.17) is 0 Å². The zero-order valence-electron chi connectivity index (χ0n) is 19.5. The minimum Gasteiger partial charge on any atom is -0.303 e. The van der Waals surface area contributed by atoms with E-state index < -0.39 is 10.0 Å². The predicted molar refractivity (Wildman–Crippen MR) is 134 cm³/mol. The van der Waals surface area contributed by atoms with Gasteiger partial charge in [-0.25, -0.2) is 8.42 Å². The van der Waals surface area contributed by atoms with Gasteiger partial charge < -0.3 is 4.90 Å². The van der Waals surface area contributed by atoms with Gasteiger partial charge in [-0.3, -0.25) is 9.71 Å². The molecular formula is C27H33N3O2S. The van der Waals surface area contributed by atoms with E-state index in [-0.39, 0.29) is 10.3 Å². The summed E-state index contributed by atoms with van der Waals surface area (Å²) in [5, 5.41) is 1.49. The van der Waals surface area contributed by atoms with E-state index in [1.54, 1.807) is 24.5 Å². The van der Waals surface area contributed by atoms with E-state index in [1.165, 1.54) is 37.8 Å². The van der Waals surface area contributed by atoms with Crippen molar-refractivity contribution < 1.29 is 8.42 Å². The lowest BCUT2D eigenvalue weighted by Crippen LogP contribution is -2.30. The van der Waals surface area contributed by atoms with Crippen molar-refractivity contribution in [1.29, 1.82) is 0 Å². The molecule has 1 aliphatic carbocycles. The molecule has 5 nitrogen and oxygen atoms in total. The minimum absolute atomic E-state index is 0.144. The minimum atomic E-state index is -3.72. The fourth-order valence-corrected chi connectivity index (χ4v) is 7.05. The number of unbranched alkanes of at least 4 members (excludes halogenated alkanes) is 3. The number of hydrogen-bond acceptors (Lipinski definition) is 4. The van der Waals surface area contributed by atoms with Crippen LogP contribution < -0.4 is 4.72 Å². The van der Waals surface area contributed by atoms with E-state index in [2.05, 4.69) is 34.5 Å². The Bertz CT molecular complexity index is 1240. The van der Waals surface area contributed by atoms with Gasteiger partial charge in [-0.05, 0) is 60.0 Å². The SMILES string of the molecule is CCCCCCN1CC2C(C1)C2(C)c1cccc(NS(=O)(=O)c2cccc3ccncc23)c1. The van der Waals surface area contributed by atoms with Crippen molar-refractivity contribution in [3.05, 3.63) is 66.5 Å². The van der Waals surface area contributed by atoms with Crippen LogP contribution in [0.1, 0.15) is 45.1 Å². The number of aromatic nitrogens is 1. The topological polar surface area (TPSA) is 62.3 Å². The molecule has 2 fully saturated rings. The summed E-state index contributed by atoms with van der Waals surface area (Å²) in [6.07, 6.45) is 8.52. The second-order valence-electron chi connectivity index (χ2n) is 9.86. The summed E-state index contributed by atoms with van der Waals surface area (Å²) < 4.78 is 29.3. The normalized spacial score (nSPS) is 24.7. The van der Waals surface area contributed by atoms with Crippen molar-refractivity contribution >= 4 is 26.5 Å². The molecule has 2 atom stereocenters. The molecule has 2 unspecified atom stereocenters. The van der Waals surface area contributed by atoms with Crippen LogP contribution in [0.15, 0.2) is 65.8 Å². The van der Waals surface area contributed by atoms with E-state index in [0.717, 1.165) is 18.5 Å². The first-order valence-corrected chi connectivity index (χ1v) is 13.6. The average molecular weight is 464 g/mol. The molecule has 3 aromatic rings. The fourth-order valence-electron chi connectivity index (χ4n) is 5.78. The fraction of sp³-hybridized carbons (Fsp3) is 0.444. The first-order chi connectivity index (χ1) is 15.9. The smallest absolute Gasteiger partial charge is 0.262 e. The number of anilines is 1. The molecule has 2 aromatic carbocycles. The summed E-state index contributed by atoms with van der Waals surface area (Å²) in [5.74, 6) is 1.33. The van der Waals surface area contributed by atoms with Crippen molar-refractivity contribution in [2.45, 2.75) is 49.8 Å². The Labute approximate surface area is 197 Å². The van der Waals surface area contributed by atoms with Crippen molar-refractivity contribution in [1.82, 2.24) is 9.88 Å². The van der Waals surface area contributed by atoms with Gasteiger partial charge in [0, 0.05) is 42.0 Å². The van der Waals surface area contributed by atoms with Gasteiger partial charge >= 0.3 is 0 Å². The van der Waals surface area contributed by atoms with Gasteiger partial charge in [-0.2, -0.15) is 0 Å². The van der Waals surface area contributed by atoms with Crippen LogP contribution in [0.5, 0.6) is 0 Å². The number of rotatable bonds is 9. The highest BCUT2D eigenvalue weighted by atomic mass is 32.2. The van der Waals surface area contributed by atoms with Gasteiger partial charge in [-0.15, -0.1) is 0 Å². The van der Waals surface area contributed by atoms with E-state index in [0.29, 0.717) is 22.9 Å². The molecule has 1 saturated heterocycles. The van der Waals surface area contributed by atoms with Crippen LogP contribution in [0, 0.1) is 11.8 Å². The van der Waals surface area contributed by atoms with Gasteiger partial charge in [0.1, 0.15) is 0 Å².